The molecule has 2 amide bonds. The number of hydrogen-bond donors (Lipinski definition) is 2. The fraction of sp³-hybridized carbons (Fsp3) is 0.579. The second-order valence-corrected chi connectivity index (χ2v) is 6.71. The molecule has 0 aliphatic heterocycles. The average Bonchev–Trinajstić information content (AvgIpc) is 2.59. The van der Waals surface area contributed by atoms with E-state index in [1.165, 1.54) is 12.8 Å². The van der Waals surface area contributed by atoms with Crippen LogP contribution in [0.25, 0.3) is 0 Å². The van der Waals surface area contributed by atoms with Crippen molar-refractivity contribution in [3.05, 3.63) is 35.9 Å². The number of carbonyl (C=O) groups is 2. The molecule has 2 N–H and O–H groups in total. The van der Waals surface area contributed by atoms with Crippen LogP contribution in [0.15, 0.2) is 30.3 Å². The summed E-state index contributed by atoms with van der Waals surface area (Å²) in [5, 5.41) is 6.03. The first-order valence-corrected chi connectivity index (χ1v) is 8.87. The lowest BCUT2D eigenvalue weighted by molar-refractivity contribution is -0.122. The Kier molecular flexibility index (Phi) is 7.25. The molecule has 0 saturated heterocycles. The summed E-state index contributed by atoms with van der Waals surface area (Å²) in [7, 11) is 4.16. The van der Waals surface area contributed by atoms with Gasteiger partial charge in [-0.05, 0) is 45.5 Å². The Hall–Kier alpha value is -1.88. The van der Waals surface area contributed by atoms with E-state index in [4.69, 9.17) is 0 Å². The van der Waals surface area contributed by atoms with E-state index in [9.17, 15) is 9.59 Å². The van der Waals surface area contributed by atoms with E-state index >= 15 is 0 Å². The fourth-order valence-electron chi connectivity index (χ4n) is 3.32. The molecule has 24 heavy (non-hydrogen) atoms. The normalized spacial score (nSPS) is 20.6. The lowest BCUT2D eigenvalue weighted by Crippen LogP contribution is -2.51. The Bertz CT molecular complexity index is 531. The third-order valence-electron chi connectivity index (χ3n) is 4.64. The molecule has 5 heteroatoms. The van der Waals surface area contributed by atoms with Gasteiger partial charge in [-0.2, -0.15) is 0 Å². The van der Waals surface area contributed by atoms with Crippen LogP contribution < -0.4 is 10.6 Å². The van der Waals surface area contributed by atoms with Crippen molar-refractivity contribution < 1.29 is 9.59 Å². The predicted octanol–water partition coefficient (Wildman–Crippen LogP) is 2.19. The molecule has 2 rings (SSSR count). The van der Waals surface area contributed by atoms with E-state index in [-0.39, 0.29) is 17.9 Å². The van der Waals surface area contributed by atoms with Gasteiger partial charge in [0.25, 0.3) is 5.91 Å². The zero-order valence-electron chi connectivity index (χ0n) is 14.8. The van der Waals surface area contributed by atoms with Gasteiger partial charge in [0, 0.05) is 30.6 Å². The van der Waals surface area contributed by atoms with Crippen molar-refractivity contribution in [1.29, 1.82) is 0 Å². The second kappa shape index (κ2) is 9.42. The third kappa shape index (κ3) is 5.64. The zero-order valence-corrected chi connectivity index (χ0v) is 14.8. The monoisotopic (exact) mass is 331 g/mol. The summed E-state index contributed by atoms with van der Waals surface area (Å²) in [6.45, 7) is 0.517. The maximum absolute atomic E-state index is 12.2. The number of nitrogens with zero attached hydrogens (tertiary/aromatic N) is 1. The molecule has 0 unspecified atom stereocenters. The molecule has 0 radical (unpaired) electrons. The number of likely N-dealkylation sites (N-methyl/N-ethyl adjacent to an activating group) is 1. The highest BCUT2D eigenvalue weighted by Gasteiger charge is 2.27. The Balaban J connectivity index is 1.67. The van der Waals surface area contributed by atoms with Crippen molar-refractivity contribution in [1.82, 2.24) is 15.5 Å². The van der Waals surface area contributed by atoms with Crippen LogP contribution in [0.3, 0.4) is 0 Å². The average molecular weight is 331 g/mol. The molecule has 132 valence electrons. The van der Waals surface area contributed by atoms with Crippen LogP contribution in [0.5, 0.6) is 0 Å². The highest BCUT2D eigenvalue weighted by molar-refractivity contribution is 5.94. The summed E-state index contributed by atoms with van der Waals surface area (Å²) in [5.74, 6) is -0.00123. The van der Waals surface area contributed by atoms with E-state index in [1.54, 1.807) is 12.1 Å². The number of carbonyl (C=O) groups excluding carboxylic acids is 2. The minimum Gasteiger partial charge on any atom is -0.352 e. The maximum atomic E-state index is 12.2. The van der Waals surface area contributed by atoms with E-state index in [0.29, 0.717) is 31.0 Å². The standard InChI is InChI=1S/C19H29N3O2/c1-22(2)17-12-7-6-11-16(17)21-18(23)13-8-14-20-19(24)15-9-4-3-5-10-15/h3-5,9-10,16-17H,6-8,11-14H2,1-2H3,(H,20,24)(H,21,23)/t16-,17+/m0/s1. The van der Waals surface area contributed by atoms with Crippen LogP contribution in [0.1, 0.15) is 48.9 Å². The molecule has 1 fully saturated rings. The topological polar surface area (TPSA) is 61.4 Å². The smallest absolute Gasteiger partial charge is 0.251 e. The van der Waals surface area contributed by atoms with Crippen LogP contribution >= 0.6 is 0 Å². The van der Waals surface area contributed by atoms with Gasteiger partial charge in [0.05, 0.1) is 0 Å². The quantitative estimate of drug-likeness (QED) is 0.753. The van der Waals surface area contributed by atoms with Crippen LogP contribution in [0.4, 0.5) is 0 Å². The molecule has 1 aromatic carbocycles. The molecule has 2 atom stereocenters. The van der Waals surface area contributed by atoms with Crippen LogP contribution in [0, 0.1) is 0 Å². The van der Waals surface area contributed by atoms with E-state index < -0.39 is 0 Å². The molecular weight excluding hydrogens is 302 g/mol. The lowest BCUT2D eigenvalue weighted by Gasteiger charge is -2.36. The molecule has 1 saturated carbocycles. The van der Waals surface area contributed by atoms with Crippen molar-refractivity contribution in [3.63, 3.8) is 0 Å². The predicted molar refractivity (Wildman–Crippen MR) is 95.9 cm³/mol. The number of benzene rings is 1. The largest absolute Gasteiger partial charge is 0.352 e. The minimum atomic E-state index is -0.0871. The van der Waals surface area contributed by atoms with Crippen molar-refractivity contribution in [3.8, 4) is 0 Å². The Morgan fingerprint density at radius 3 is 2.54 bits per heavy atom. The number of amides is 2. The minimum absolute atomic E-state index is 0.0858. The highest BCUT2D eigenvalue weighted by Crippen LogP contribution is 2.21. The summed E-state index contributed by atoms with van der Waals surface area (Å²) in [4.78, 5) is 26.3. The number of hydrogen-bond acceptors (Lipinski definition) is 3. The first-order chi connectivity index (χ1) is 11.6. The van der Waals surface area contributed by atoms with Gasteiger partial charge >= 0.3 is 0 Å². The third-order valence-corrected chi connectivity index (χ3v) is 4.64. The van der Waals surface area contributed by atoms with Gasteiger partial charge in [-0.15, -0.1) is 0 Å². The van der Waals surface area contributed by atoms with Crippen LogP contribution in [0.2, 0.25) is 0 Å². The van der Waals surface area contributed by atoms with Crippen LogP contribution in [-0.4, -0.2) is 49.4 Å². The summed E-state index contributed by atoms with van der Waals surface area (Å²) in [5.41, 5.74) is 0.651. The number of rotatable bonds is 7. The fourth-order valence-corrected chi connectivity index (χ4v) is 3.32. The molecular formula is C19H29N3O2. The van der Waals surface area contributed by atoms with Crippen molar-refractivity contribution in [2.45, 2.75) is 50.6 Å². The molecule has 0 bridgehead atoms. The summed E-state index contributed by atoms with van der Waals surface area (Å²) in [6.07, 6.45) is 5.73. The molecule has 1 aliphatic rings. The van der Waals surface area contributed by atoms with Gasteiger partial charge < -0.3 is 15.5 Å². The van der Waals surface area contributed by atoms with E-state index in [2.05, 4.69) is 29.6 Å². The van der Waals surface area contributed by atoms with Crippen molar-refractivity contribution in [2.75, 3.05) is 20.6 Å². The zero-order chi connectivity index (χ0) is 17.4. The summed E-state index contributed by atoms with van der Waals surface area (Å²) < 4.78 is 0. The maximum Gasteiger partial charge on any atom is 0.251 e. The van der Waals surface area contributed by atoms with E-state index in [0.717, 1.165) is 12.8 Å². The molecule has 0 heterocycles. The van der Waals surface area contributed by atoms with Gasteiger partial charge in [-0.1, -0.05) is 31.0 Å². The molecule has 1 aromatic rings. The van der Waals surface area contributed by atoms with E-state index in [1.807, 2.05) is 18.2 Å². The molecule has 0 aromatic heterocycles. The van der Waals surface area contributed by atoms with Gasteiger partial charge in [0.15, 0.2) is 0 Å². The summed E-state index contributed by atoms with van der Waals surface area (Å²) >= 11 is 0. The van der Waals surface area contributed by atoms with Gasteiger partial charge in [0.1, 0.15) is 0 Å². The Labute approximate surface area is 144 Å². The number of nitrogens with one attached hydrogen (secondary N) is 2. The van der Waals surface area contributed by atoms with Gasteiger partial charge in [-0.3, -0.25) is 9.59 Å². The van der Waals surface area contributed by atoms with Crippen molar-refractivity contribution >= 4 is 11.8 Å². The van der Waals surface area contributed by atoms with Crippen molar-refractivity contribution in [2.24, 2.45) is 0 Å². The molecule has 5 nitrogen and oxygen atoms in total. The Morgan fingerprint density at radius 2 is 1.83 bits per heavy atom. The van der Waals surface area contributed by atoms with Gasteiger partial charge in [0.2, 0.25) is 5.91 Å². The highest BCUT2D eigenvalue weighted by atomic mass is 16.2. The SMILES string of the molecule is CN(C)[C@@H]1CCCC[C@@H]1NC(=O)CCCNC(=O)c1ccccc1. The van der Waals surface area contributed by atoms with Gasteiger partial charge in [-0.25, -0.2) is 0 Å². The van der Waals surface area contributed by atoms with Crippen LogP contribution in [-0.2, 0) is 4.79 Å². The Morgan fingerprint density at radius 1 is 1.12 bits per heavy atom. The first kappa shape index (κ1) is 18.5. The summed E-state index contributed by atoms with van der Waals surface area (Å²) in [6, 6.07) is 9.81. The second-order valence-electron chi connectivity index (χ2n) is 6.71. The first-order valence-electron chi connectivity index (χ1n) is 8.87. The molecule has 1 aliphatic carbocycles. The molecule has 0 spiro atoms. The lowest BCUT2D eigenvalue weighted by atomic mass is 9.89.